The van der Waals surface area contributed by atoms with E-state index in [-0.39, 0.29) is 19.8 Å². The molecular formula is C18H22N6O3. The van der Waals surface area contributed by atoms with E-state index in [1.165, 1.54) is 0 Å². The number of aliphatic hydroxyl groups is 1. The molecule has 1 aromatic heterocycles. The molecule has 0 aliphatic carbocycles. The minimum atomic E-state index is -0.793. The van der Waals surface area contributed by atoms with Crippen LogP contribution in [-0.2, 0) is 9.47 Å². The number of anilines is 3. The average Bonchev–Trinajstić information content (AvgIpc) is 3.61. The minimum Gasteiger partial charge on any atom is -0.394 e. The topological polar surface area (TPSA) is 95.4 Å². The van der Waals surface area contributed by atoms with Crippen LogP contribution in [0.15, 0.2) is 30.3 Å². The summed E-state index contributed by atoms with van der Waals surface area (Å²) in [5.41, 5.74) is 0.163. The quantitative estimate of drug-likeness (QED) is 0.701. The fourth-order valence-electron chi connectivity index (χ4n) is 3.00. The number of hydrogen-bond donors (Lipinski definition) is 2. The molecular weight excluding hydrogens is 348 g/mol. The Labute approximate surface area is 157 Å². The SMILES string of the molecule is OCC1(Nc2nc(N3CC3)nc(N3CC3)n2)COC(c2ccccc2)OC1. The maximum Gasteiger partial charge on any atom is 0.232 e. The van der Waals surface area contributed by atoms with Crippen molar-refractivity contribution in [3.05, 3.63) is 35.9 Å². The molecule has 3 aliphatic rings. The Hall–Kier alpha value is -2.49. The third-order valence-corrected chi connectivity index (χ3v) is 4.85. The van der Waals surface area contributed by atoms with Gasteiger partial charge in [-0.1, -0.05) is 30.3 Å². The zero-order valence-electron chi connectivity index (χ0n) is 14.9. The number of nitrogens with one attached hydrogen (secondary N) is 1. The number of benzene rings is 1. The summed E-state index contributed by atoms with van der Waals surface area (Å²) in [5, 5.41) is 13.3. The minimum absolute atomic E-state index is 0.154. The molecule has 4 heterocycles. The summed E-state index contributed by atoms with van der Waals surface area (Å²) >= 11 is 0. The summed E-state index contributed by atoms with van der Waals surface area (Å²) in [7, 11) is 0. The van der Waals surface area contributed by atoms with Gasteiger partial charge in [-0.05, 0) is 0 Å². The predicted octanol–water partition coefficient (Wildman–Crippen LogP) is 0.400. The Morgan fingerprint density at radius 3 is 2.07 bits per heavy atom. The van der Waals surface area contributed by atoms with Gasteiger partial charge < -0.3 is 29.7 Å². The van der Waals surface area contributed by atoms with Crippen LogP contribution in [0.5, 0.6) is 0 Å². The van der Waals surface area contributed by atoms with Gasteiger partial charge in [-0.2, -0.15) is 15.0 Å². The van der Waals surface area contributed by atoms with Gasteiger partial charge in [-0.25, -0.2) is 0 Å². The molecule has 2 aromatic rings. The molecule has 9 heteroatoms. The van der Waals surface area contributed by atoms with Crippen LogP contribution in [0, 0.1) is 0 Å². The highest BCUT2D eigenvalue weighted by molar-refractivity contribution is 5.51. The number of aliphatic hydroxyl groups excluding tert-OH is 1. The third kappa shape index (κ3) is 3.53. The molecule has 5 rings (SSSR count). The summed E-state index contributed by atoms with van der Waals surface area (Å²) in [6, 6.07) is 9.77. The number of nitrogens with zero attached hydrogens (tertiary/aromatic N) is 5. The van der Waals surface area contributed by atoms with E-state index in [9.17, 15) is 5.11 Å². The second-order valence-corrected chi connectivity index (χ2v) is 7.16. The number of rotatable bonds is 6. The van der Waals surface area contributed by atoms with E-state index < -0.39 is 11.8 Å². The summed E-state index contributed by atoms with van der Waals surface area (Å²) in [6.07, 6.45) is -0.438. The first-order valence-electron chi connectivity index (χ1n) is 9.18. The van der Waals surface area contributed by atoms with Crippen LogP contribution in [0.3, 0.4) is 0 Å². The van der Waals surface area contributed by atoms with Crippen LogP contribution in [-0.4, -0.2) is 71.6 Å². The molecule has 0 atom stereocenters. The van der Waals surface area contributed by atoms with Crippen molar-refractivity contribution in [3.8, 4) is 0 Å². The fraction of sp³-hybridized carbons (Fsp3) is 0.500. The Kier molecular flexibility index (Phi) is 4.07. The maximum absolute atomic E-state index is 10.0. The van der Waals surface area contributed by atoms with E-state index in [2.05, 4.69) is 30.1 Å². The average molecular weight is 370 g/mol. The Balaban J connectivity index is 1.33. The van der Waals surface area contributed by atoms with E-state index in [1.54, 1.807) is 0 Å². The van der Waals surface area contributed by atoms with Crippen LogP contribution in [0.2, 0.25) is 0 Å². The van der Waals surface area contributed by atoms with Crippen molar-refractivity contribution in [1.29, 1.82) is 0 Å². The highest BCUT2D eigenvalue weighted by Gasteiger charge is 2.38. The zero-order valence-corrected chi connectivity index (χ0v) is 14.9. The Morgan fingerprint density at radius 2 is 1.56 bits per heavy atom. The summed E-state index contributed by atoms with van der Waals surface area (Å²) in [5.74, 6) is 1.78. The van der Waals surface area contributed by atoms with Crippen molar-refractivity contribution in [3.63, 3.8) is 0 Å². The van der Waals surface area contributed by atoms with E-state index in [0.29, 0.717) is 17.8 Å². The van der Waals surface area contributed by atoms with Crippen molar-refractivity contribution in [1.82, 2.24) is 15.0 Å². The van der Waals surface area contributed by atoms with Gasteiger partial charge in [0.15, 0.2) is 6.29 Å². The van der Waals surface area contributed by atoms with Gasteiger partial charge in [0.05, 0.1) is 19.8 Å². The standard InChI is InChI=1S/C18H22N6O3/c25-10-18(11-26-14(27-12-18)13-4-2-1-3-5-13)22-15-19-16(23-6-7-23)21-17(20-15)24-8-9-24/h1-5,14,25H,6-12H2,(H,19,20,21,22). The molecule has 2 N–H and O–H groups in total. The molecule has 142 valence electrons. The molecule has 3 fully saturated rings. The molecule has 9 nitrogen and oxygen atoms in total. The predicted molar refractivity (Wildman–Crippen MR) is 98.8 cm³/mol. The van der Waals surface area contributed by atoms with Crippen LogP contribution in [0.4, 0.5) is 17.8 Å². The molecule has 27 heavy (non-hydrogen) atoms. The fourth-order valence-corrected chi connectivity index (χ4v) is 3.00. The largest absolute Gasteiger partial charge is 0.394 e. The van der Waals surface area contributed by atoms with Crippen molar-refractivity contribution < 1.29 is 14.6 Å². The Morgan fingerprint density at radius 1 is 0.963 bits per heavy atom. The van der Waals surface area contributed by atoms with Crippen molar-refractivity contribution >= 4 is 17.8 Å². The maximum atomic E-state index is 10.0. The highest BCUT2D eigenvalue weighted by Crippen LogP contribution is 2.30. The Bertz CT molecular complexity index is 774. The van der Waals surface area contributed by atoms with Gasteiger partial charge in [0.1, 0.15) is 5.54 Å². The van der Waals surface area contributed by atoms with Gasteiger partial charge in [0.2, 0.25) is 17.8 Å². The van der Waals surface area contributed by atoms with Crippen LogP contribution >= 0.6 is 0 Å². The molecule has 0 radical (unpaired) electrons. The van der Waals surface area contributed by atoms with Crippen LogP contribution in [0.25, 0.3) is 0 Å². The lowest BCUT2D eigenvalue weighted by Gasteiger charge is -2.39. The van der Waals surface area contributed by atoms with E-state index in [4.69, 9.17) is 9.47 Å². The zero-order chi connectivity index (χ0) is 18.3. The lowest BCUT2D eigenvalue weighted by Crippen LogP contribution is -2.54. The normalized spacial score (nSPS) is 26.8. The van der Waals surface area contributed by atoms with Gasteiger partial charge in [0.25, 0.3) is 0 Å². The summed E-state index contributed by atoms with van der Waals surface area (Å²) in [4.78, 5) is 17.7. The van der Waals surface area contributed by atoms with Gasteiger partial charge in [0, 0.05) is 31.7 Å². The molecule has 0 amide bonds. The molecule has 0 bridgehead atoms. The van der Waals surface area contributed by atoms with E-state index in [1.807, 2.05) is 30.3 Å². The lowest BCUT2D eigenvalue weighted by molar-refractivity contribution is -0.212. The monoisotopic (exact) mass is 370 g/mol. The molecule has 1 aromatic carbocycles. The van der Waals surface area contributed by atoms with Crippen LogP contribution < -0.4 is 15.1 Å². The molecule has 0 unspecified atom stereocenters. The summed E-state index contributed by atoms with van der Waals surface area (Å²) < 4.78 is 11.8. The van der Waals surface area contributed by atoms with Crippen molar-refractivity contribution in [2.75, 3.05) is 61.1 Å². The summed E-state index contributed by atoms with van der Waals surface area (Å²) in [6.45, 7) is 4.24. The van der Waals surface area contributed by atoms with Gasteiger partial charge in [-0.3, -0.25) is 0 Å². The van der Waals surface area contributed by atoms with E-state index in [0.717, 1.165) is 31.7 Å². The first-order valence-corrected chi connectivity index (χ1v) is 9.18. The smallest absolute Gasteiger partial charge is 0.232 e. The molecule has 0 spiro atoms. The second-order valence-electron chi connectivity index (χ2n) is 7.16. The number of hydrogen-bond acceptors (Lipinski definition) is 9. The van der Waals surface area contributed by atoms with Gasteiger partial charge >= 0.3 is 0 Å². The first kappa shape index (κ1) is 16.7. The molecule has 3 aliphatic heterocycles. The molecule has 0 saturated carbocycles. The molecule has 3 saturated heterocycles. The van der Waals surface area contributed by atoms with E-state index >= 15 is 0 Å². The lowest BCUT2D eigenvalue weighted by atomic mass is 10.0. The van der Waals surface area contributed by atoms with Crippen molar-refractivity contribution in [2.24, 2.45) is 0 Å². The number of aromatic nitrogens is 3. The first-order chi connectivity index (χ1) is 13.2. The van der Waals surface area contributed by atoms with Gasteiger partial charge in [-0.15, -0.1) is 0 Å². The second kappa shape index (κ2) is 6.59. The highest BCUT2D eigenvalue weighted by atomic mass is 16.7. The van der Waals surface area contributed by atoms with Crippen molar-refractivity contribution in [2.45, 2.75) is 11.8 Å². The number of ether oxygens (including phenoxy) is 2. The van der Waals surface area contributed by atoms with Crippen LogP contribution in [0.1, 0.15) is 11.9 Å². The third-order valence-electron chi connectivity index (χ3n) is 4.85.